The minimum absolute atomic E-state index is 0.219. The highest BCUT2D eigenvalue weighted by atomic mass is 35.5. The molecule has 0 fully saturated rings. The molecule has 2 aromatic carbocycles. The Labute approximate surface area is 157 Å². The van der Waals surface area contributed by atoms with Gasteiger partial charge in [-0.3, -0.25) is 9.59 Å². The average molecular weight is 377 g/mol. The number of carbonyl (C=O) groups excluding carboxylic acids is 2. The van der Waals surface area contributed by atoms with Gasteiger partial charge in [-0.1, -0.05) is 11.6 Å². The number of hydrogen-bond acceptors (Lipinski definition) is 4. The van der Waals surface area contributed by atoms with Crippen molar-refractivity contribution >= 4 is 29.1 Å². The summed E-state index contributed by atoms with van der Waals surface area (Å²) >= 11 is 6.07. The number of aryl methyl sites for hydroxylation is 1. The molecular weight excluding hydrogens is 356 g/mol. The van der Waals surface area contributed by atoms with Crippen LogP contribution in [0.4, 0.5) is 5.69 Å². The Hall–Kier alpha value is -2.57. The molecule has 0 aromatic heterocycles. The summed E-state index contributed by atoms with van der Waals surface area (Å²) < 4.78 is 10.1. The molecule has 0 atom stereocenters. The van der Waals surface area contributed by atoms with Crippen molar-refractivity contribution in [3.05, 3.63) is 58.1 Å². The molecule has 0 aliphatic heterocycles. The zero-order valence-corrected chi connectivity index (χ0v) is 15.6. The van der Waals surface area contributed by atoms with Gasteiger partial charge in [-0.15, -0.1) is 0 Å². The number of ether oxygens (including phenoxy) is 2. The van der Waals surface area contributed by atoms with E-state index >= 15 is 0 Å². The molecule has 0 aliphatic carbocycles. The van der Waals surface area contributed by atoms with E-state index in [4.69, 9.17) is 21.1 Å². The molecular formula is C19H21ClN2O4. The maximum absolute atomic E-state index is 12.5. The zero-order valence-electron chi connectivity index (χ0n) is 14.9. The lowest BCUT2D eigenvalue weighted by Gasteiger charge is -2.12. The largest absolute Gasteiger partial charge is 0.495 e. The lowest BCUT2D eigenvalue weighted by Crippen LogP contribution is -2.27. The van der Waals surface area contributed by atoms with Gasteiger partial charge in [-0.25, -0.2) is 0 Å². The number of anilines is 1. The van der Waals surface area contributed by atoms with Gasteiger partial charge in [-0.2, -0.15) is 0 Å². The molecule has 0 saturated heterocycles. The van der Waals surface area contributed by atoms with Crippen LogP contribution < -0.4 is 15.4 Å². The van der Waals surface area contributed by atoms with Crippen molar-refractivity contribution < 1.29 is 19.1 Å². The Morgan fingerprint density at radius 1 is 1.04 bits per heavy atom. The molecule has 2 amide bonds. The molecule has 7 heteroatoms. The number of hydrogen-bond donors (Lipinski definition) is 2. The Morgan fingerprint density at radius 3 is 2.23 bits per heavy atom. The van der Waals surface area contributed by atoms with Gasteiger partial charge in [-0.05, 0) is 42.8 Å². The van der Waals surface area contributed by atoms with E-state index < -0.39 is 0 Å². The van der Waals surface area contributed by atoms with E-state index in [1.54, 1.807) is 43.5 Å². The number of carbonyl (C=O) groups is 2. The highest BCUT2D eigenvalue weighted by Gasteiger charge is 2.13. The molecule has 0 radical (unpaired) electrons. The molecule has 0 bridgehead atoms. The maximum atomic E-state index is 12.5. The standard InChI is InChI=1S/C19H21ClN2O4/c1-12-10-16(17(26-3)11-15(12)20)22-19(24)14-6-4-13(5-7-14)18(23)21-8-9-25-2/h4-7,10-11H,8-9H2,1-3H3,(H,21,23)(H,22,24). The summed E-state index contributed by atoms with van der Waals surface area (Å²) in [4.78, 5) is 24.4. The van der Waals surface area contributed by atoms with Gasteiger partial charge in [0.2, 0.25) is 0 Å². The summed E-state index contributed by atoms with van der Waals surface area (Å²) in [5, 5.41) is 6.08. The summed E-state index contributed by atoms with van der Waals surface area (Å²) in [5.41, 5.74) is 2.25. The maximum Gasteiger partial charge on any atom is 0.255 e. The third-order valence-corrected chi connectivity index (χ3v) is 4.14. The number of amides is 2. The van der Waals surface area contributed by atoms with Crippen molar-refractivity contribution in [1.82, 2.24) is 5.32 Å². The number of methoxy groups -OCH3 is 2. The second kappa shape index (κ2) is 9.22. The van der Waals surface area contributed by atoms with Crippen LogP contribution >= 0.6 is 11.6 Å². The van der Waals surface area contributed by atoms with Crippen molar-refractivity contribution in [2.24, 2.45) is 0 Å². The Balaban J connectivity index is 2.09. The van der Waals surface area contributed by atoms with E-state index in [9.17, 15) is 9.59 Å². The zero-order chi connectivity index (χ0) is 19.1. The minimum atomic E-state index is -0.309. The van der Waals surface area contributed by atoms with Crippen molar-refractivity contribution in [3.63, 3.8) is 0 Å². The monoisotopic (exact) mass is 376 g/mol. The minimum Gasteiger partial charge on any atom is -0.495 e. The molecule has 0 aliphatic rings. The van der Waals surface area contributed by atoms with Gasteiger partial charge >= 0.3 is 0 Å². The van der Waals surface area contributed by atoms with Gasteiger partial charge in [0.25, 0.3) is 11.8 Å². The van der Waals surface area contributed by atoms with Crippen LogP contribution in [-0.4, -0.2) is 39.2 Å². The van der Waals surface area contributed by atoms with Crippen LogP contribution in [0.25, 0.3) is 0 Å². The highest BCUT2D eigenvalue weighted by molar-refractivity contribution is 6.31. The van der Waals surface area contributed by atoms with E-state index in [1.807, 2.05) is 6.92 Å². The van der Waals surface area contributed by atoms with Crippen LogP contribution in [0.2, 0.25) is 5.02 Å². The molecule has 0 saturated carbocycles. The van der Waals surface area contributed by atoms with Gasteiger partial charge in [0.05, 0.1) is 19.4 Å². The number of benzene rings is 2. The van der Waals surface area contributed by atoms with E-state index in [0.717, 1.165) is 5.56 Å². The van der Waals surface area contributed by atoms with E-state index in [0.29, 0.717) is 40.7 Å². The number of halogens is 1. The van der Waals surface area contributed by atoms with Crippen LogP contribution in [0.3, 0.4) is 0 Å². The predicted octanol–water partition coefficient (Wildman–Crippen LogP) is 3.29. The first-order valence-electron chi connectivity index (χ1n) is 7.99. The molecule has 2 aromatic rings. The fraction of sp³-hybridized carbons (Fsp3) is 0.263. The smallest absolute Gasteiger partial charge is 0.255 e. The van der Waals surface area contributed by atoms with Gasteiger partial charge in [0.15, 0.2) is 0 Å². The lowest BCUT2D eigenvalue weighted by molar-refractivity contribution is 0.0935. The first-order chi connectivity index (χ1) is 12.5. The van der Waals surface area contributed by atoms with Crippen molar-refractivity contribution in [1.29, 1.82) is 0 Å². The molecule has 26 heavy (non-hydrogen) atoms. The Kier molecular flexibility index (Phi) is 7.00. The number of rotatable bonds is 7. The third kappa shape index (κ3) is 4.97. The van der Waals surface area contributed by atoms with E-state index in [2.05, 4.69) is 10.6 Å². The lowest BCUT2D eigenvalue weighted by atomic mass is 10.1. The van der Waals surface area contributed by atoms with Gasteiger partial charge < -0.3 is 20.1 Å². The van der Waals surface area contributed by atoms with Crippen molar-refractivity contribution in [2.45, 2.75) is 6.92 Å². The molecule has 0 heterocycles. The third-order valence-electron chi connectivity index (χ3n) is 3.73. The van der Waals surface area contributed by atoms with Crippen LogP contribution in [0, 0.1) is 6.92 Å². The van der Waals surface area contributed by atoms with Crippen LogP contribution in [0.1, 0.15) is 26.3 Å². The average Bonchev–Trinajstić information content (AvgIpc) is 2.64. The summed E-state index contributed by atoms with van der Waals surface area (Å²) in [5.74, 6) is -0.0524. The SMILES string of the molecule is COCCNC(=O)c1ccc(C(=O)Nc2cc(C)c(Cl)cc2OC)cc1. The quantitative estimate of drug-likeness (QED) is 0.727. The summed E-state index contributed by atoms with van der Waals surface area (Å²) in [6.07, 6.45) is 0. The van der Waals surface area contributed by atoms with Gasteiger partial charge in [0.1, 0.15) is 5.75 Å². The highest BCUT2D eigenvalue weighted by Crippen LogP contribution is 2.31. The molecule has 138 valence electrons. The van der Waals surface area contributed by atoms with Crippen molar-refractivity contribution in [2.75, 3.05) is 32.7 Å². The topological polar surface area (TPSA) is 76.7 Å². The second-order valence-corrected chi connectivity index (χ2v) is 5.99. The fourth-order valence-corrected chi connectivity index (χ4v) is 2.42. The van der Waals surface area contributed by atoms with Crippen LogP contribution in [-0.2, 0) is 4.74 Å². The normalized spacial score (nSPS) is 10.3. The first kappa shape index (κ1) is 19.8. The van der Waals surface area contributed by atoms with E-state index in [1.165, 1.54) is 7.11 Å². The summed E-state index contributed by atoms with van der Waals surface area (Å²) in [6.45, 7) is 2.70. The number of nitrogens with one attached hydrogen (secondary N) is 2. The Morgan fingerprint density at radius 2 is 1.65 bits per heavy atom. The molecule has 6 nitrogen and oxygen atoms in total. The van der Waals surface area contributed by atoms with Gasteiger partial charge in [0, 0.05) is 35.9 Å². The molecule has 2 rings (SSSR count). The van der Waals surface area contributed by atoms with Crippen LogP contribution in [0.5, 0.6) is 5.75 Å². The van der Waals surface area contributed by atoms with Crippen molar-refractivity contribution in [3.8, 4) is 5.75 Å². The Bertz CT molecular complexity index is 791. The fourth-order valence-electron chi connectivity index (χ4n) is 2.27. The molecule has 2 N–H and O–H groups in total. The molecule has 0 unspecified atom stereocenters. The van der Waals surface area contributed by atoms with E-state index in [-0.39, 0.29) is 11.8 Å². The predicted molar refractivity (Wildman–Crippen MR) is 101 cm³/mol. The first-order valence-corrected chi connectivity index (χ1v) is 8.36. The second-order valence-electron chi connectivity index (χ2n) is 5.58. The van der Waals surface area contributed by atoms with Crippen LogP contribution in [0.15, 0.2) is 36.4 Å². The summed E-state index contributed by atoms with van der Waals surface area (Å²) in [7, 11) is 3.07. The summed E-state index contributed by atoms with van der Waals surface area (Å²) in [6, 6.07) is 9.78. The molecule has 0 spiro atoms.